The molecule has 0 spiro atoms. The quantitative estimate of drug-likeness (QED) is 0.742. The van der Waals surface area contributed by atoms with Gasteiger partial charge in [0, 0.05) is 22.4 Å². The van der Waals surface area contributed by atoms with E-state index in [4.69, 9.17) is 5.73 Å². The fourth-order valence-electron chi connectivity index (χ4n) is 2.20. The molecule has 0 aliphatic rings. The molecule has 0 saturated carbocycles. The van der Waals surface area contributed by atoms with E-state index in [1.165, 1.54) is 6.26 Å². The second-order valence-corrected chi connectivity index (χ2v) is 8.07. The number of benzene rings is 2. The van der Waals surface area contributed by atoms with E-state index >= 15 is 0 Å². The number of nitrogens with two attached hydrogens (primary N) is 1. The van der Waals surface area contributed by atoms with Gasteiger partial charge >= 0.3 is 0 Å². The SMILES string of the molecule is CS(=O)(=O)c1ccc(-n2nc(-c3ccc(Br)cc3)cc2N)cc1. The zero-order chi connectivity index (χ0) is 16.6. The molecule has 23 heavy (non-hydrogen) atoms. The summed E-state index contributed by atoms with van der Waals surface area (Å²) in [7, 11) is -3.22. The zero-order valence-corrected chi connectivity index (χ0v) is 14.7. The highest BCUT2D eigenvalue weighted by Crippen LogP contribution is 2.25. The topological polar surface area (TPSA) is 78.0 Å². The highest BCUT2D eigenvalue weighted by molar-refractivity contribution is 9.10. The summed E-state index contributed by atoms with van der Waals surface area (Å²) in [5.41, 5.74) is 8.45. The van der Waals surface area contributed by atoms with E-state index < -0.39 is 9.84 Å². The third kappa shape index (κ3) is 3.30. The molecule has 5 nitrogen and oxygen atoms in total. The van der Waals surface area contributed by atoms with E-state index in [0.717, 1.165) is 15.7 Å². The van der Waals surface area contributed by atoms with Crippen molar-refractivity contribution in [3.05, 3.63) is 59.1 Å². The summed E-state index contributed by atoms with van der Waals surface area (Å²) in [6.07, 6.45) is 1.18. The first kappa shape index (κ1) is 15.8. The van der Waals surface area contributed by atoms with Gasteiger partial charge in [-0.15, -0.1) is 0 Å². The summed E-state index contributed by atoms with van der Waals surface area (Å²) in [6, 6.07) is 16.0. The fourth-order valence-corrected chi connectivity index (χ4v) is 3.09. The van der Waals surface area contributed by atoms with Crippen molar-refractivity contribution < 1.29 is 8.42 Å². The van der Waals surface area contributed by atoms with Gasteiger partial charge in [-0.3, -0.25) is 0 Å². The minimum Gasteiger partial charge on any atom is -0.384 e. The van der Waals surface area contributed by atoms with Crippen LogP contribution in [0.4, 0.5) is 5.82 Å². The smallest absolute Gasteiger partial charge is 0.175 e. The average molecular weight is 392 g/mol. The van der Waals surface area contributed by atoms with Gasteiger partial charge in [0.2, 0.25) is 0 Å². The largest absolute Gasteiger partial charge is 0.384 e. The van der Waals surface area contributed by atoms with Gasteiger partial charge in [-0.05, 0) is 36.4 Å². The maximum absolute atomic E-state index is 11.5. The molecule has 1 aromatic heterocycles. The molecule has 2 aromatic carbocycles. The summed E-state index contributed by atoms with van der Waals surface area (Å²) in [4.78, 5) is 0.264. The van der Waals surface area contributed by atoms with Crippen LogP contribution in [0.25, 0.3) is 16.9 Å². The van der Waals surface area contributed by atoms with Gasteiger partial charge < -0.3 is 5.73 Å². The highest BCUT2D eigenvalue weighted by atomic mass is 79.9. The van der Waals surface area contributed by atoms with Gasteiger partial charge in [0.05, 0.1) is 16.3 Å². The predicted octanol–water partition coefficient (Wildman–Crippen LogP) is 3.29. The number of rotatable bonds is 3. The van der Waals surface area contributed by atoms with Crippen LogP contribution in [0.15, 0.2) is 64.0 Å². The minimum absolute atomic E-state index is 0.264. The Labute approximate surface area is 142 Å². The monoisotopic (exact) mass is 391 g/mol. The average Bonchev–Trinajstić information content (AvgIpc) is 2.89. The summed E-state index contributed by atoms with van der Waals surface area (Å²) in [5, 5.41) is 4.50. The third-order valence-electron chi connectivity index (χ3n) is 3.39. The van der Waals surface area contributed by atoms with Crippen LogP contribution >= 0.6 is 15.9 Å². The Morgan fingerprint density at radius 2 is 1.65 bits per heavy atom. The van der Waals surface area contributed by atoms with Crippen molar-refractivity contribution in [3.8, 4) is 16.9 Å². The third-order valence-corrected chi connectivity index (χ3v) is 5.04. The maximum atomic E-state index is 11.5. The Morgan fingerprint density at radius 3 is 2.22 bits per heavy atom. The molecule has 0 aliphatic carbocycles. The molecule has 0 fully saturated rings. The van der Waals surface area contributed by atoms with Crippen LogP contribution in [-0.2, 0) is 9.84 Å². The molecule has 0 saturated heterocycles. The van der Waals surface area contributed by atoms with E-state index in [1.807, 2.05) is 24.3 Å². The van der Waals surface area contributed by atoms with Crippen molar-refractivity contribution in [1.82, 2.24) is 9.78 Å². The molecular weight excluding hydrogens is 378 g/mol. The Kier molecular flexibility index (Phi) is 3.99. The van der Waals surface area contributed by atoms with Crippen molar-refractivity contribution in [2.75, 3.05) is 12.0 Å². The van der Waals surface area contributed by atoms with Gasteiger partial charge in [0.1, 0.15) is 5.82 Å². The first-order valence-corrected chi connectivity index (χ1v) is 9.45. The van der Waals surface area contributed by atoms with Crippen molar-refractivity contribution >= 4 is 31.6 Å². The highest BCUT2D eigenvalue weighted by Gasteiger charge is 2.11. The number of nitrogens with zero attached hydrogens (tertiary/aromatic N) is 2. The van der Waals surface area contributed by atoms with Crippen molar-refractivity contribution in [2.24, 2.45) is 0 Å². The van der Waals surface area contributed by atoms with Gasteiger partial charge in [-0.25, -0.2) is 13.1 Å². The molecule has 0 aliphatic heterocycles. The van der Waals surface area contributed by atoms with Crippen LogP contribution in [0, 0.1) is 0 Å². The van der Waals surface area contributed by atoms with Crippen LogP contribution in [0.3, 0.4) is 0 Å². The van der Waals surface area contributed by atoms with Crippen molar-refractivity contribution in [1.29, 1.82) is 0 Å². The molecule has 0 amide bonds. The standard InChI is InChI=1S/C16H14BrN3O2S/c1-23(21,22)14-8-6-13(7-9-14)20-16(18)10-15(19-20)11-2-4-12(17)5-3-11/h2-10H,18H2,1H3. The van der Waals surface area contributed by atoms with E-state index in [9.17, 15) is 8.42 Å². The Balaban J connectivity index is 1.99. The molecule has 3 aromatic rings. The van der Waals surface area contributed by atoms with Gasteiger partial charge in [0.25, 0.3) is 0 Å². The van der Waals surface area contributed by atoms with Gasteiger partial charge in [-0.2, -0.15) is 5.10 Å². The van der Waals surface area contributed by atoms with Gasteiger partial charge in [0.15, 0.2) is 9.84 Å². The molecular formula is C16H14BrN3O2S. The van der Waals surface area contributed by atoms with Crippen LogP contribution in [-0.4, -0.2) is 24.5 Å². The molecule has 0 radical (unpaired) electrons. The number of aromatic nitrogens is 2. The lowest BCUT2D eigenvalue weighted by Crippen LogP contribution is -2.03. The van der Waals surface area contributed by atoms with Crippen molar-refractivity contribution in [3.63, 3.8) is 0 Å². The van der Waals surface area contributed by atoms with Gasteiger partial charge in [-0.1, -0.05) is 28.1 Å². The number of anilines is 1. The summed E-state index contributed by atoms with van der Waals surface area (Å²) >= 11 is 3.40. The molecule has 0 bridgehead atoms. The number of sulfone groups is 1. The summed E-state index contributed by atoms with van der Waals surface area (Å²) in [5.74, 6) is 0.482. The number of hydrogen-bond donors (Lipinski definition) is 1. The zero-order valence-electron chi connectivity index (χ0n) is 12.3. The first-order chi connectivity index (χ1) is 10.8. The molecule has 2 N–H and O–H groups in total. The van der Waals surface area contributed by atoms with E-state index in [2.05, 4.69) is 21.0 Å². The molecule has 7 heteroatoms. The number of hydrogen-bond acceptors (Lipinski definition) is 4. The fraction of sp³-hybridized carbons (Fsp3) is 0.0625. The van der Waals surface area contributed by atoms with E-state index in [0.29, 0.717) is 11.5 Å². The number of halogens is 1. The van der Waals surface area contributed by atoms with Crippen LogP contribution < -0.4 is 5.73 Å². The van der Waals surface area contributed by atoms with Crippen molar-refractivity contribution in [2.45, 2.75) is 4.90 Å². The summed E-state index contributed by atoms with van der Waals surface area (Å²) < 4.78 is 25.6. The lowest BCUT2D eigenvalue weighted by atomic mass is 10.2. The van der Waals surface area contributed by atoms with E-state index in [-0.39, 0.29) is 4.90 Å². The lowest BCUT2D eigenvalue weighted by Gasteiger charge is -2.05. The molecule has 118 valence electrons. The Morgan fingerprint density at radius 1 is 1.04 bits per heavy atom. The normalized spacial score (nSPS) is 11.6. The molecule has 3 rings (SSSR count). The Hall–Kier alpha value is -2.12. The van der Waals surface area contributed by atoms with Crippen LogP contribution in [0.2, 0.25) is 0 Å². The molecule has 0 atom stereocenters. The maximum Gasteiger partial charge on any atom is 0.175 e. The second kappa shape index (κ2) is 5.82. The molecule has 1 heterocycles. The second-order valence-electron chi connectivity index (χ2n) is 5.14. The summed E-state index contributed by atoms with van der Waals surface area (Å²) in [6.45, 7) is 0. The minimum atomic E-state index is -3.22. The van der Waals surface area contributed by atoms with Crippen LogP contribution in [0.5, 0.6) is 0 Å². The first-order valence-electron chi connectivity index (χ1n) is 6.76. The molecule has 0 unspecified atom stereocenters. The predicted molar refractivity (Wildman–Crippen MR) is 94.2 cm³/mol. The number of nitrogen functional groups attached to an aromatic ring is 1. The van der Waals surface area contributed by atoms with Crippen LogP contribution in [0.1, 0.15) is 0 Å². The van der Waals surface area contributed by atoms with E-state index in [1.54, 1.807) is 35.0 Å². The lowest BCUT2D eigenvalue weighted by molar-refractivity contribution is 0.602. The Bertz CT molecular complexity index is 946.